The smallest absolute Gasteiger partial charge is 0.308 e. The molecule has 27 heavy (non-hydrogen) atoms. The summed E-state index contributed by atoms with van der Waals surface area (Å²) in [5, 5.41) is 3.84. The van der Waals surface area contributed by atoms with E-state index in [0.717, 1.165) is 5.56 Å². The van der Waals surface area contributed by atoms with Gasteiger partial charge in [-0.15, -0.1) is 0 Å². The SMILES string of the molecule is CC(=O)Oc1ccc(/C=N/NS(=O)(=O)c2cc(C(C)(C)C)ccc2C)cc1. The van der Waals surface area contributed by atoms with Crippen LogP contribution in [-0.4, -0.2) is 20.6 Å². The Labute approximate surface area is 160 Å². The molecule has 0 heterocycles. The van der Waals surface area contributed by atoms with Gasteiger partial charge >= 0.3 is 5.97 Å². The van der Waals surface area contributed by atoms with E-state index in [4.69, 9.17) is 4.74 Å². The van der Waals surface area contributed by atoms with Crippen LogP contribution in [0.3, 0.4) is 0 Å². The zero-order valence-corrected chi connectivity index (χ0v) is 16.9. The molecule has 1 N–H and O–H groups in total. The first-order valence-electron chi connectivity index (χ1n) is 8.43. The van der Waals surface area contributed by atoms with Gasteiger partial charge < -0.3 is 4.74 Å². The van der Waals surface area contributed by atoms with E-state index in [1.54, 1.807) is 43.3 Å². The Morgan fingerprint density at radius 1 is 1.11 bits per heavy atom. The third-order valence-corrected chi connectivity index (χ3v) is 5.24. The summed E-state index contributed by atoms with van der Waals surface area (Å²) in [4.78, 5) is 13.4. The minimum Gasteiger partial charge on any atom is -0.427 e. The number of carbonyl (C=O) groups excluding carboxylic acids is 1. The summed E-state index contributed by atoms with van der Waals surface area (Å²) in [6.07, 6.45) is 1.39. The van der Waals surface area contributed by atoms with Crippen LogP contribution in [0.2, 0.25) is 0 Å². The molecule has 0 aromatic heterocycles. The number of hydrogen-bond acceptors (Lipinski definition) is 5. The standard InChI is InChI=1S/C20H24N2O4S/c1-14-6-9-17(20(3,4)5)12-19(14)27(24,25)22-21-13-16-7-10-18(11-8-16)26-15(2)23/h6-13,22H,1-5H3/b21-13+. The maximum absolute atomic E-state index is 12.6. The van der Waals surface area contributed by atoms with Crippen molar-refractivity contribution >= 4 is 22.2 Å². The number of esters is 1. The summed E-state index contributed by atoms with van der Waals surface area (Å²) in [5.74, 6) is 0.00637. The molecule has 144 valence electrons. The van der Waals surface area contributed by atoms with Gasteiger partial charge in [0, 0.05) is 6.92 Å². The van der Waals surface area contributed by atoms with Crippen LogP contribution < -0.4 is 9.57 Å². The third kappa shape index (κ3) is 5.65. The molecule has 2 rings (SSSR count). The van der Waals surface area contributed by atoms with Crippen molar-refractivity contribution in [3.8, 4) is 5.75 Å². The molecule has 2 aromatic carbocycles. The Hall–Kier alpha value is -2.67. The Morgan fingerprint density at radius 2 is 1.74 bits per heavy atom. The molecule has 0 aliphatic rings. The molecule has 0 saturated heterocycles. The molecule has 0 amide bonds. The number of carbonyl (C=O) groups is 1. The minimum atomic E-state index is -3.79. The monoisotopic (exact) mass is 388 g/mol. The summed E-state index contributed by atoms with van der Waals surface area (Å²) in [6, 6.07) is 12.0. The number of hydrogen-bond donors (Lipinski definition) is 1. The first kappa shape index (κ1) is 20.6. The van der Waals surface area contributed by atoms with Crippen LogP contribution in [0.1, 0.15) is 44.4 Å². The van der Waals surface area contributed by atoms with Crippen LogP contribution in [-0.2, 0) is 20.2 Å². The van der Waals surface area contributed by atoms with Crippen molar-refractivity contribution < 1.29 is 17.9 Å². The molecule has 2 aromatic rings. The number of aryl methyl sites for hydroxylation is 1. The lowest BCUT2D eigenvalue weighted by Gasteiger charge is -2.20. The fourth-order valence-electron chi connectivity index (χ4n) is 2.36. The largest absolute Gasteiger partial charge is 0.427 e. The number of hydrazone groups is 1. The van der Waals surface area contributed by atoms with Crippen molar-refractivity contribution in [2.75, 3.05) is 0 Å². The van der Waals surface area contributed by atoms with Gasteiger partial charge in [0.15, 0.2) is 0 Å². The number of sulfonamides is 1. The zero-order valence-electron chi connectivity index (χ0n) is 16.1. The Bertz CT molecular complexity index is 956. The van der Waals surface area contributed by atoms with Crippen LogP contribution in [0.25, 0.3) is 0 Å². The lowest BCUT2D eigenvalue weighted by atomic mass is 9.87. The van der Waals surface area contributed by atoms with Crippen molar-refractivity contribution in [3.63, 3.8) is 0 Å². The van der Waals surface area contributed by atoms with Gasteiger partial charge in [0.1, 0.15) is 5.75 Å². The van der Waals surface area contributed by atoms with Crippen LogP contribution in [0, 0.1) is 6.92 Å². The molecular formula is C20H24N2O4S. The van der Waals surface area contributed by atoms with Crippen LogP contribution in [0.15, 0.2) is 52.5 Å². The van der Waals surface area contributed by atoms with E-state index in [1.807, 2.05) is 26.8 Å². The normalized spacial score (nSPS) is 12.2. The summed E-state index contributed by atoms with van der Waals surface area (Å²) >= 11 is 0. The minimum absolute atomic E-state index is 0.162. The van der Waals surface area contributed by atoms with Crippen LogP contribution in [0.4, 0.5) is 0 Å². The van der Waals surface area contributed by atoms with E-state index in [9.17, 15) is 13.2 Å². The fourth-order valence-corrected chi connectivity index (χ4v) is 3.43. The average Bonchev–Trinajstić information content (AvgIpc) is 2.55. The highest BCUT2D eigenvalue weighted by atomic mass is 32.2. The van der Waals surface area contributed by atoms with Gasteiger partial charge in [0.25, 0.3) is 10.0 Å². The van der Waals surface area contributed by atoms with Gasteiger partial charge in [-0.3, -0.25) is 4.79 Å². The Balaban J connectivity index is 2.17. The van der Waals surface area contributed by atoms with E-state index in [-0.39, 0.29) is 10.3 Å². The van der Waals surface area contributed by atoms with Crippen molar-refractivity contribution in [2.45, 2.75) is 44.9 Å². The molecule has 0 aliphatic heterocycles. The second-order valence-electron chi connectivity index (χ2n) is 7.25. The summed E-state index contributed by atoms with van der Waals surface area (Å²) in [7, 11) is -3.79. The van der Waals surface area contributed by atoms with Crippen molar-refractivity contribution in [2.24, 2.45) is 5.10 Å². The van der Waals surface area contributed by atoms with E-state index in [2.05, 4.69) is 9.93 Å². The van der Waals surface area contributed by atoms with E-state index >= 15 is 0 Å². The highest BCUT2D eigenvalue weighted by Crippen LogP contribution is 2.26. The summed E-state index contributed by atoms with van der Waals surface area (Å²) < 4.78 is 30.2. The van der Waals surface area contributed by atoms with Crippen molar-refractivity contribution in [1.82, 2.24) is 4.83 Å². The highest BCUT2D eigenvalue weighted by molar-refractivity contribution is 7.89. The van der Waals surface area contributed by atoms with Gasteiger partial charge in [-0.05, 0) is 59.4 Å². The molecule has 0 atom stereocenters. The van der Waals surface area contributed by atoms with Gasteiger partial charge in [-0.2, -0.15) is 13.5 Å². The van der Waals surface area contributed by atoms with E-state index in [1.165, 1.54) is 13.1 Å². The Morgan fingerprint density at radius 3 is 2.30 bits per heavy atom. The molecule has 0 bridgehead atoms. The quantitative estimate of drug-likeness (QED) is 0.367. The van der Waals surface area contributed by atoms with Crippen LogP contribution in [0.5, 0.6) is 5.75 Å². The van der Waals surface area contributed by atoms with Crippen LogP contribution >= 0.6 is 0 Å². The molecule has 6 nitrogen and oxygen atoms in total. The van der Waals surface area contributed by atoms with Gasteiger partial charge in [0.05, 0.1) is 11.1 Å². The average molecular weight is 388 g/mol. The molecule has 0 unspecified atom stereocenters. The topological polar surface area (TPSA) is 84.8 Å². The Kier molecular flexibility index (Phi) is 6.05. The summed E-state index contributed by atoms with van der Waals surface area (Å²) in [6.45, 7) is 9.15. The van der Waals surface area contributed by atoms with Gasteiger partial charge in [-0.25, -0.2) is 4.83 Å². The molecule has 7 heteroatoms. The van der Waals surface area contributed by atoms with Gasteiger partial charge in [0.2, 0.25) is 0 Å². The number of nitrogens with zero attached hydrogens (tertiary/aromatic N) is 1. The number of rotatable bonds is 5. The second kappa shape index (κ2) is 7.92. The molecule has 0 spiro atoms. The highest BCUT2D eigenvalue weighted by Gasteiger charge is 2.21. The zero-order chi connectivity index (χ0) is 20.2. The molecule has 0 saturated carbocycles. The molecule has 0 fully saturated rings. The maximum atomic E-state index is 12.6. The first-order valence-corrected chi connectivity index (χ1v) is 9.92. The lowest BCUT2D eigenvalue weighted by molar-refractivity contribution is -0.131. The predicted octanol–water partition coefficient (Wildman–Crippen LogP) is 3.53. The number of nitrogens with one attached hydrogen (secondary N) is 1. The molecule has 0 radical (unpaired) electrons. The van der Waals surface area contributed by atoms with Crippen molar-refractivity contribution in [1.29, 1.82) is 0 Å². The maximum Gasteiger partial charge on any atom is 0.308 e. The first-order chi connectivity index (χ1) is 12.5. The van der Waals surface area contributed by atoms with E-state index in [0.29, 0.717) is 16.9 Å². The second-order valence-corrected chi connectivity index (χ2v) is 8.88. The summed E-state index contributed by atoms with van der Waals surface area (Å²) in [5.41, 5.74) is 2.08. The fraction of sp³-hybridized carbons (Fsp3) is 0.300. The number of benzene rings is 2. The van der Waals surface area contributed by atoms with Gasteiger partial charge in [-0.1, -0.05) is 32.9 Å². The van der Waals surface area contributed by atoms with Crippen molar-refractivity contribution in [3.05, 3.63) is 59.2 Å². The molecular weight excluding hydrogens is 364 g/mol. The van der Waals surface area contributed by atoms with E-state index < -0.39 is 16.0 Å². The predicted molar refractivity (Wildman–Crippen MR) is 106 cm³/mol. The lowest BCUT2D eigenvalue weighted by Crippen LogP contribution is -2.21. The third-order valence-electron chi connectivity index (χ3n) is 3.87. The molecule has 0 aliphatic carbocycles. The number of ether oxygens (including phenoxy) is 1.